The Labute approximate surface area is 185 Å². The maximum Gasteiger partial charge on any atom is 0.334 e. The molecule has 1 N–H and O–H groups in total. The zero-order chi connectivity index (χ0) is 21.6. The third kappa shape index (κ3) is 5.33. The first-order valence-electron chi connectivity index (χ1n) is 10.2. The first-order valence-corrected chi connectivity index (χ1v) is 11.2. The van der Waals surface area contributed by atoms with E-state index in [0.717, 1.165) is 40.6 Å². The summed E-state index contributed by atoms with van der Waals surface area (Å²) >= 11 is 1.62. The van der Waals surface area contributed by atoms with E-state index in [-0.39, 0.29) is 11.2 Å². The average Bonchev–Trinajstić information content (AvgIpc) is 2.78. The van der Waals surface area contributed by atoms with Crippen molar-refractivity contribution in [1.82, 2.24) is 9.88 Å². The highest BCUT2D eigenvalue weighted by Gasteiger charge is 2.27. The average molecular weight is 435 g/mol. The molecule has 31 heavy (non-hydrogen) atoms. The molecule has 4 rings (SSSR count). The summed E-state index contributed by atoms with van der Waals surface area (Å²) in [5.41, 5.74) is 3.48. The van der Waals surface area contributed by atoms with Crippen LogP contribution in [0.1, 0.15) is 17.5 Å². The van der Waals surface area contributed by atoms with Crippen molar-refractivity contribution in [1.29, 1.82) is 0 Å². The second kappa shape index (κ2) is 9.79. The Balaban J connectivity index is 1.43. The molecule has 0 radical (unpaired) electrons. The molecule has 3 aromatic rings. The Kier molecular flexibility index (Phi) is 6.67. The fourth-order valence-electron chi connectivity index (χ4n) is 3.64. The minimum atomic E-state index is -0.898. The summed E-state index contributed by atoms with van der Waals surface area (Å²) in [6.45, 7) is 0.600. The molecule has 158 valence electrons. The summed E-state index contributed by atoms with van der Waals surface area (Å²) in [5.74, 6) is -0.329. The van der Waals surface area contributed by atoms with Crippen LogP contribution in [0, 0.1) is 5.82 Å². The van der Waals surface area contributed by atoms with Crippen LogP contribution in [0.25, 0.3) is 10.9 Å². The van der Waals surface area contributed by atoms with Crippen molar-refractivity contribution >= 4 is 28.6 Å². The number of pyridine rings is 1. The molecule has 6 heteroatoms. The van der Waals surface area contributed by atoms with E-state index in [2.05, 4.69) is 22.0 Å². The molecule has 1 aliphatic heterocycles. The predicted molar refractivity (Wildman–Crippen MR) is 123 cm³/mol. The van der Waals surface area contributed by atoms with Crippen LogP contribution in [0.3, 0.4) is 0 Å². The first kappa shape index (κ1) is 21.1. The van der Waals surface area contributed by atoms with Crippen molar-refractivity contribution in [3.05, 3.63) is 102 Å². The van der Waals surface area contributed by atoms with Crippen LogP contribution in [0.15, 0.2) is 84.7 Å². The molecular weight excluding hydrogens is 411 g/mol. The SMILES string of the molecule is O=C(O)C1=CC=CN(Cc2ccc3cccnc3c2)C1SCCCc1ccc(F)cc1. The predicted octanol–water partition coefficient (Wildman–Crippen LogP) is 5.41. The van der Waals surface area contributed by atoms with Crippen LogP contribution in [0.5, 0.6) is 0 Å². The van der Waals surface area contributed by atoms with E-state index in [1.165, 1.54) is 12.1 Å². The number of hydrogen-bond donors (Lipinski definition) is 1. The Morgan fingerprint density at radius 2 is 1.94 bits per heavy atom. The molecule has 4 nitrogen and oxygen atoms in total. The minimum absolute atomic E-state index is 0.233. The molecule has 1 aliphatic rings. The first-order chi connectivity index (χ1) is 15.1. The van der Waals surface area contributed by atoms with Crippen molar-refractivity contribution in [2.45, 2.75) is 24.8 Å². The summed E-state index contributed by atoms with van der Waals surface area (Å²) in [4.78, 5) is 18.3. The van der Waals surface area contributed by atoms with Gasteiger partial charge in [-0.25, -0.2) is 9.18 Å². The van der Waals surface area contributed by atoms with Crippen LogP contribution in [0.2, 0.25) is 0 Å². The normalized spacial score (nSPS) is 15.8. The van der Waals surface area contributed by atoms with Gasteiger partial charge in [0.15, 0.2) is 0 Å². The summed E-state index contributed by atoms with van der Waals surface area (Å²) in [6, 6.07) is 16.6. The molecule has 0 fully saturated rings. The molecule has 2 heterocycles. The van der Waals surface area contributed by atoms with Gasteiger partial charge in [0, 0.05) is 24.3 Å². The molecule has 0 spiro atoms. The van der Waals surface area contributed by atoms with E-state index in [4.69, 9.17) is 0 Å². The Hall–Kier alpha value is -3.12. The van der Waals surface area contributed by atoms with Gasteiger partial charge in [-0.3, -0.25) is 4.98 Å². The van der Waals surface area contributed by atoms with Gasteiger partial charge in [0.25, 0.3) is 0 Å². The zero-order valence-corrected chi connectivity index (χ0v) is 17.8. The molecule has 0 saturated heterocycles. The van der Waals surface area contributed by atoms with E-state index in [1.54, 1.807) is 42.2 Å². The molecule has 2 aromatic carbocycles. The lowest BCUT2D eigenvalue weighted by Gasteiger charge is -2.33. The number of fused-ring (bicyclic) bond motifs is 1. The number of allylic oxidation sites excluding steroid dienone is 2. The maximum absolute atomic E-state index is 13.1. The van der Waals surface area contributed by atoms with E-state index in [0.29, 0.717) is 12.1 Å². The zero-order valence-electron chi connectivity index (χ0n) is 16.9. The number of aryl methyl sites for hydroxylation is 1. The fraction of sp³-hybridized carbons (Fsp3) is 0.200. The number of carbonyl (C=O) groups is 1. The van der Waals surface area contributed by atoms with Crippen molar-refractivity contribution in [3.8, 4) is 0 Å². The fourth-order valence-corrected chi connectivity index (χ4v) is 4.87. The molecular formula is C25H23FN2O2S. The van der Waals surface area contributed by atoms with E-state index in [1.807, 2.05) is 24.4 Å². The van der Waals surface area contributed by atoms with Crippen molar-refractivity contribution in [2.24, 2.45) is 0 Å². The number of thioether (sulfide) groups is 1. The van der Waals surface area contributed by atoms with Gasteiger partial charge in [0.05, 0.1) is 11.1 Å². The lowest BCUT2D eigenvalue weighted by molar-refractivity contribution is -0.133. The number of carboxylic acids is 1. The van der Waals surface area contributed by atoms with Crippen molar-refractivity contribution in [2.75, 3.05) is 5.75 Å². The van der Waals surface area contributed by atoms with Gasteiger partial charge in [-0.15, -0.1) is 11.8 Å². The lowest BCUT2D eigenvalue weighted by atomic mass is 10.1. The highest BCUT2D eigenvalue weighted by Crippen LogP contribution is 2.30. The van der Waals surface area contributed by atoms with Crippen LogP contribution >= 0.6 is 11.8 Å². The number of aliphatic carboxylic acids is 1. The van der Waals surface area contributed by atoms with Gasteiger partial charge in [0.2, 0.25) is 0 Å². The molecule has 1 atom stereocenters. The third-order valence-electron chi connectivity index (χ3n) is 5.20. The largest absolute Gasteiger partial charge is 0.478 e. The monoisotopic (exact) mass is 434 g/mol. The number of carboxylic acid groups (broad SMARTS) is 1. The highest BCUT2D eigenvalue weighted by atomic mass is 32.2. The molecule has 0 saturated carbocycles. The molecule has 0 bridgehead atoms. The summed E-state index contributed by atoms with van der Waals surface area (Å²) < 4.78 is 13.1. The number of hydrogen-bond acceptors (Lipinski definition) is 4. The molecule has 1 unspecified atom stereocenters. The smallest absolute Gasteiger partial charge is 0.334 e. The Bertz CT molecular complexity index is 1130. The van der Waals surface area contributed by atoms with Gasteiger partial charge in [-0.1, -0.05) is 30.3 Å². The number of halogens is 1. The third-order valence-corrected chi connectivity index (χ3v) is 6.57. The number of benzene rings is 2. The lowest BCUT2D eigenvalue weighted by Crippen LogP contribution is -2.34. The topological polar surface area (TPSA) is 53.4 Å². The van der Waals surface area contributed by atoms with Crippen LogP contribution in [-0.4, -0.2) is 32.1 Å². The second-order valence-electron chi connectivity index (χ2n) is 7.42. The van der Waals surface area contributed by atoms with E-state index >= 15 is 0 Å². The Morgan fingerprint density at radius 3 is 2.74 bits per heavy atom. The van der Waals surface area contributed by atoms with Crippen LogP contribution < -0.4 is 0 Å². The number of rotatable bonds is 8. The summed E-state index contributed by atoms with van der Waals surface area (Å²) in [7, 11) is 0. The van der Waals surface area contributed by atoms with E-state index in [9.17, 15) is 14.3 Å². The highest BCUT2D eigenvalue weighted by molar-refractivity contribution is 8.00. The second-order valence-corrected chi connectivity index (χ2v) is 8.61. The van der Waals surface area contributed by atoms with Crippen LogP contribution in [0.4, 0.5) is 4.39 Å². The quantitative estimate of drug-likeness (QED) is 0.481. The number of nitrogens with zero attached hydrogens (tertiary/aromatic N) is 2. The summed E-state index contributed by atoms with van der Waals surface area (Å²) in [5, 5.41) is 10.5. The van der Waals surface area contributed by atoms with Crippen LogP contribution in [-0.2, 0) is 17.8 Å². The molecule has 0 amide bonds. The van der Waals surface area contributed by atoms with Gasteiger partial charge >= 0.3 is 5.97 Å². The molecule has 0 aliphatic carbocycles. The standard InChI is InChI=1S/C25H23FN2O2S/c26-21-11-8-18(9-12-21)4-3-15-31-24-22(25(29)30)6-2-14-28(24)17-19-7-10-20-5-1-13-27-23(20)16-19/h1-2,5-14,16,24H,3-4,15,17H2,(H,29,30). The van der Waals surface area contributed by atoms with Gasteiger partial charge in [0.1, 0.15) is 11.2 Å². The Morgan fingerprint density at radius 1 is 1.13 bits per heavy atom. The van der Waals surface area contributed by atoms with Gasteiger partial charge in [-0.2, -0.15) is 0 Å². The van der Waals surface area contributed by atoms with Crippen molar-refractivity contribution < 1.29 is 14.3 Å². The van der Waals surface area contributed by atoms with E-state index < -0.39 is 5.97 Å². The summed E-state index contributed by atoms with van der Waals surface area (Å²) in [6.07, 6.45) is 8.91. The number of aromatic nitrogens is 1. The molecule has 1 aromatic heterocycles. The van der Waals surface area contributed by atoms with Gasteiger partial charge in [-0.05, 0) is 66.1 Å². The maximum atomic E-state index is 13.1. The van der Waals surface area contributed by atoms with Crippen molar-refractivity contribution in [3.63, 3.8) is 0 Å². The minimum Gasteiger partial charge on any atom is -0.478 e. The van der Waals surface area contributed by atoms with Gasteiger partial charge < -0.3 is 10.0 Å².